The van der Waals surface area contributed by atoms with Crippen LogP contribution in [0, 0.1) is 23.3 Å². The molecule has 1 aliphatic heterocycles. The molecule has 1 aliphatic carbocycles. The van der Waals surface area contributed by atoms with Crippen molar-refractivity contribution >= 4 is 23.8 Å². The molecule has 4 rings (SSSR count). The van der Waals surface area contributed by atoms with Crippen LogP contribution in [-0.2, 0) is 9.59 Å². The second-order valence-corrected chi connectivity index (χ2v) is 9.34. The Morgan fingerprint density at radius 2 is 1.36 bits per heavy atom. The van der Waals surface area contributed by atoms with Crippen molar-refractivity contribution < 1.29 is 27.2 Å². The first-order chi connectivity index (χ1) is 17.3. The Labute approximate surface area is 207 Å². The summed E-state index contributed by atoms with van der Waals surface area (Å²) in [4.78, 5) is 28.2. The Balaban J connectivity index is 1.55. The summed E-state index contributed by atoms with van der Waals surface area (Å²) in [6.45, 7) is 2.62. The highest BCUT2D eigenvalue weighted by molar-refractivity contribution is 6.14. The van der Waals surface area contributed by atoms with Gasteiger partial charge in [0.25, 0.3) is 0 Å². The molecule has 2 aromatic carbocycles. The van der Waals surface area contributed by atoms with Gasteiger partial charge < -0.3 is 10.2 Å². The summed E-state index contributed by atoms with van der Waals surface area (Å²) >= 11 is 0. The van der Waals surface area contributed by atoms with Crippen LogP contribution in [0.5, 0.6) is 0 Å². The first-order valence-corrected chi connectivity index (χ1v) is 12.2. The maximum atomic E-state index is 13.7. The van der Waals surface area contributed by atoms with E-state index >= 15 is 0 Å². The van der Waals surface area contributed by atoms with Gasteiger partial charge in [-0.25, -0.2) is 17.6 Å². The van der Waals surface area contributed by atoms with Crippen molar-refractivity contribution in [1.29, 1.82) is 0 Å². The van der Waals surface area contributed by atoms with Crippen molar-refractivity contribution in [2.24, 2.45) is 0 Å². The number of ketones is 1. The van der Waals surface area contributed by atoms with Gasteiger partial charge >= 0.3 is 0 Å². The molecule has 1 amide bonds. The zero-order chi connectivity index (χ0) is 25.7. The van der Waals surface area contributed by atoms with E-state index in [1.807, 2.05) is 0 Å². The summed E-state index contributed by atoms with van der Waals surface area (Å²) in [6, 6.07) is 6.25. The molecule has 0 bridgehead atoms. The molecule has 1 N–H and O–H groups in total. The van der Waals surface area contributed by atoms with E-state index < -0.39 is 29.3 Å². The van der Waals surface area contributed by atoms with E-state index in [1.165, 1.54) is 30.7 Å². The lowest BCUT2D eigenvalue weighted by Crippen LogP contribution is -2.41. The largest absolute Gasteiger partial charge is 0.353 e. The number of benzene rings is 2. The summed E-state index contributed by atoms with van der Waals surface area (Å²) in [5, 5.41) is 2.98. The highest BCUT2D eigenvalue weighted by Gasteiger charge is 2.29. The summed E-state index contributed by atoms with van der Waals surface area (Å²) in [7, 11) is 0. The van der Waals surface area contributed by atoms with Crippen molar-refractivity contribution in [2.45, 2.75) is 44.6 Å². The fraction of sp³-hybridized carbons (Fsp3) is 0.357. The number of amides is 1. The molecular weight excluding hydrogens is 472 g/mol. The molecule has 36 heavy (non-hydrogen) atoms. The maximum Gasteiger partial charge on any atom is 0.221 e. The number of halogens is 4. The fourth-order valence-electron chi connectivity index (χ4n) is 4.69. The van der Waals surface area contributed by atoms with Crippen LogP contribution in [0.3, 0.4) is 0 Å². The van der Waals surface area contributed by atoms with E-state index in [0.29, 0.717) is 35.2 Å². The van der Waals surface area contributed by atoms with Crippen LogP contribution >= 0.6 is 0 Å². The van der Waals surface area contributed by atoms with Crippen LogP contribution in [0.15, 0.2) is 47.5 Å². The third-order valence-corrected chi connectivity index (χ3v) is 6.55. The van der Waals surface area contributed by atoms with Crippen molar-refractivity contribution in [1.82, 2.24) is 10.2 Å². The molecule has 0 atom stereocenters. The molecule has 0 radical (unpaired) electrons. The molecule has 0 aromatic heterocycles. The van der Waals surface area contributed by atoms with Crippen LogP contribution in [0.25, 0.3) is 12.2 Å². The molecule has 8 heteroatoms. The van der Waals surface area contributed by atoms with E-state index in [4.69, 9.17) is 0 Å². The van der Waals surface area contributed by atoms with Gasteiger partial charge in [0.2, 0.25) is 5.91 Å². The minimum absolute atomic E-state index is 0.140. The average molecular weight is 501 g/mol. The van der Waals surface area contributed by atoms with E-state index in [1.54, 1.807) is 0 Å². The zero-order valence-electron chi connectivity index (χ0n) is 19.8. The van der Waals surface area contributed by atoms with Crippen LogP contribution in [0.1, 0.15) is 49.7 Å². The summed E-state index contributed by atoms with van der Waals surface area (Å²) in [5.41, 5.74) is 1.23. The molecule has 0 spiro atoms. The van der Waals surface area contributed by atoms with Gasteiger partial charge in [0.05, 0.1) is 0 Å². The lowest BCUT2D eigenvalue weighted by molar-refractivity contribution is -0.122. The second kappa shape index (κ2) is 11.6. The number of nitrogens with one attached hydrogen (secondary N) is 1. The zero-order valence-corrected chi connectivity index (χ0v) is 19.8. The minimum atomic E-state index is -1.03. The molecule has 2 fully saturated rings. The highest BCUT2D eigenvalue weighted by Crippen LogP contribution is 2.29. The standard InChI is InChI=1S/C28H28F4N2O2/c29-23-6-4-18(14-25(23)31)12-20-16-22(33-27(35)8-11-34-9-2-1-3-10-34)17-21(28(20)36)13-19-5-7-24(30)26(32)15-19/h4-7,12-15,22H,1-3,8-11,16-17H2,(H,33,35)/b20-12+,21-13+. The smallest absolute Gasteiger partial charge is 0.221 e. The molecule has 1 saturated carbocycles. The number of likely N-dealkylation sites (tertiary alicyclic amines) is 1. The molecule has 2 aromatic rings. The monoisotopic (exact) mass is 500 g/mol. The molecular formula is C28H28F4N2O2. The van der Waals surface area contributed by atoms with Crippen LogP contribution in [0.2, 0.25) is 0 Å². The van der Waals surface area contributed by atoms with E-state index in [9.17, 15) is 27.2 Å². The van der Waals surface area contributed by atoms with Gasteiger partial charge in [0, 0.05) is 30.2 Å². The predicted molar refractivity (Wildman–Crippen MR) is 130 cm³/mol. The first-order valence-electron chi connectivity index (χ1n) is 12.2. The SMILES string of the molecule is O=C(CCN1CCCCC1)NC1C/C(=C\c2ccc(F)c(F)c2)C(=O)/C(=C/c2ccc(F)c(F)c2)C1. The molecule has 190 valence electrons. The number of hydrogen-bond acceptors (Lipinski definition) is 3. The summed E-state index contributed by atoms with van der Waals surface area (Å²) in [6.07, 6.45) is 7.15. The summed E-state index contributed by atoms with van der Waals surface area (Å²) in [5.74, 6) is -4.54. The number of hydrogen-bond donors (Lipinski definition) is 1. The highest BCUT2D eigenvalue weighted by atomic mass is 19.2. The lowest BCUT2D eigenvalue weighted by atomic mass is 9.83. The van der Waals surface area contributed by atoms with Crippen LogP contribution in [0.4, 0.5) is 17.6 Å². The number of carbonyl (C=O) groups excluding carboxylic acids is 2. The maximum absolute atomic E-state index is 13.7. The Hall–Kier alpha value is -3.26. The minimum Gasteiger partial charge on any atom is -0.353 e. The molecule has 1 saturated heterocycles. The molecule has 0 unspecified atom stereocenters. The number of nitrogens with zero attached hydrogens (tertiary/aromatic N) is 1. The van der Waals surface area contributed by atoms with Gasteiger partial charge in [0.15, 0.2) is 29.1 Å². The van der Waals surface area contributed by atoms with Gasteiger partial charge in [-0.2, -0.15) is 0 Å². The lowest BCUT2D eigenvalue weighted by Gasteiger charge is -2.28. The number of piperidine rings is 1. The van der Waals surface area contributed by atoms with Crippen molar-refractivity contribution in [3.63, 3.8) is 0 Å². The third kappa shape index (κ3) is 6.69. The topological polar surface area (TPSA) is 49.4 Å². The Morgan fingerprint density at radius 3 is 1.86 bits per heavy atom. The van der Waals surface area contributed by atoms with Crippen LogP contribution in [-0.4, -0.2) is 42.3 Å². The van der Waals surface area contributed by atoms with Gasteiger partial charge in [-0.1, -0.05) is 18.6 Å². The third-order valence-electron chi connectivity index (χ3n) is 6.55. The number of rotatable bonds is 6. The normalized spacial score (nSPS) is 21.2. The Morgan fingerprint density at radius 1 is 0.833 bits per heavy atom. The fourth-order valence-corrected chi connectivity index (χ4v) is 4.69. The van der Waals surface area contributed by atoms with E-state index in [0.717, 1.165) is 50.2 Å². The van der Waals surface area contributed by atoms with Gasteiger partial charge in [-0.05, 0) is 86.3 Å². The van der Waals surface area contributed by atoms with E-state index in [2.05, 4.69) is 10.2 Å². The quantitative estimate of drug-likeness (QED) is 0.425. The van der Waals surface area contributed by atoms with Gasteiger partial charge in [0.1, 0.15) is 0 Å². The van der Waals surface area contributed by atoms with E-state index in [-0.39, 0.29) is 24.5 Å². The molecule has 4 nitrogen and oxygen atoms in total. The average Bonchev–Trinajstić information content (AvgIpc) is 2.86. The first kappa shape index (κ1) is 25.8. The van der Waals surface area contributed by atoms with Gasteiger partial charge in [-0.3, -0.25) is 9.59 Å². The summed E-state index contributed by atoms with van der Waals surface area (Å²) < 4.78 is 54.2. The number of Topliss-reactive ketones (excluding diaryl/α,β-unsaturated/α-hetero) is 1. The number of carbonyl (C=O) groups is 2. The second-order valence-electron chi connectivity index (χ2n) is 9.34. The Bertz CT molecular complexity index is 1130. The predicted octanol–water partition coefficient (Wildman–Crippen LogP) is 5.43. The van der Waals surface area contributed by atoms with Crippen molar-refractivity contribution in [2.75, 3.05) is 19.6 Å². The van der Waals surface area contributed by atoms with Crippen molar-refractivity contribution in [3.05, 3.63) is 81.9 Å². The van der Waals surface area contributed by atoms with Crippen molar-refractivity contribution in [3.8, 4) is 0 Å². The molecule has 1 heterocycles. The Kier molecular flexibility index (Phi) is 8.36. The van der Waals surface area contributed by atoms with Gasteiger partial charge in [-0.15, -0.1) is 0 Å². The molecule has 2 aliphatic rings. The van der Waals surface area contributed by atoms with Crippen LogP contribution < -0.4 is 5.32 Å².